The van der Waals surface area contributed by atoms with E-state index in [1.54, 1.807) is 12.3 Å². The van der Waals surface area contributed by atoms with E-state index in [1.165, 1.54) is 5.56 Å². The molecule has 0 bridgehead atoms. The second-order valence-corrected chi connectivity index (χ2v) is 7.83. The number of anilines is 3. The third-order valence-electron chi connectivity index (χ3n) is 4.65. The molecule has 7 heteroatoms. The average molecular weight is 386 g/mol. The first-order valence-corrected chi connectivity index (χ1v) is 9.35. The number of rotatable bonds is 4. The summed E-state index contributed by atoms with van der Waals surface area (Å²) in [7, 11) is 0. The fourth-order valence-corrected chi connectivity index (χ4v) is 2.98. The van der Waals surface area contributed by atoms with Crippen LogP contribution < -0.4 is 10.6 Å². The summed E-state index contributed by atoms with van der Waals surface area (Å²) in [6, 6.07) is 16.9. The molecule has 1 amide bonds. The van der Waals surface area contributed by atoms with E-state index in [0.717, 1.165) is 16.7 Å². The van der Waals surface area contributed by atoms with Crippen molar-refractivity contribution < 1.29 is 4.79 Å². The van der Waals surface area contributed by atoms with Gasteiger partial charge in [-0.15, -0.1) is 0 Å². The number of hydrogen-bond donors (Lipinski definition) is 3. The van der Waals surface area contributed by atoms with Gasteiger partial charge in [0.25, 0.3) is 5.91 Å². The summed E-state index contributed by atoms with van der Waals surface area (Å²) in [6.07, 6.45) is 1.67. The van der Waals surface area contributed by atoms with Crippen LogP contribution in [0.1, 0.15) is 36.7 Å². The second-order valence-electron chi connectivity index (χ2n) is 7.83. The zero-order valence-corrected chi connectivity index (χ0v) is 16.5. The van der Waals surface area contributed by atoms with Crippen LogP contribution in [0, 0.1) is 0 Å². The number of pyridine rings is 1. The molecule has 0 aliphatic rings. The van der Waals surface area contributed by atoms with Gasteiger partial charge in [0, 0.05) is 17.4 Å². The van der Waals surface area contributed by atoms with Crippen molar-refractivity contribution in [1.82, 2.24) is 20.4 Å². The largest absolute Gasteiger partial charge is 0.338 e. The number of carbonyl (C=O) groups is 1. The molecule has 3 N–H and O–H groups in total. The van der Waals surface area contributed by atoms with Gasteiger partial charge in [0.05, 0.1) is 5.69 Å². The molecule has 0 fully saturated rings. The number of H-pyrrole nitrogens is 1. The zero-order chi connectivity index (χ0) is 20.4. The van der Waals surface area contributed by atoms with E-state index in [0.29, 0.717) is 17.1 Å². The summed E-state index contributed by atoms with van der Waals surface area (Å²) in [6.45, 7) is 6.43. The van der Waals surface area contributed by atoms with Crippen molar-refractivity contribution >= 4 is 34.1 Å². The Bertz CT molecular complexity index is 1160. The summed E-state index contributed by atoms with van der Waals surface area (Å²) >= 11 is 0. The first kappa shape index (κ1) is 18.6. The Morgan fingerprint density at radius 2 is 1.72 bits per heavy atom. The van der Waals surface area contributed by atoms with Gasteiger partial charge in [-0.05, 0) is 53.4 Å². The van der Waals surface area contributed by atoms with Gasteiger partial charge in [-0.3, -0.25) is 4.79 Å². The lowest BCUT2D eigenvalue weighted by Gasteiger charge is -2.19. The van der Waals surface area contributed by atoms with E-state index in [-0.39, 0.29) is 11.3 Å². The number of benzene rings is 2. The Balaban J connectivity index is 1.54. The molecule has 0 atom stereocenters. The van der Waals surface area contributed by atoms with E-state index in [9.17, 15) is 4.79 Å². The van der Waals surface area contributed by atoms with Gasteiger partial charge >= 0.3 is 0 Å². The Morgan fingerprint density at radius 3 is 2.48 bits per heavy atom. The Morgan fingerprint density at radius 1 is 0.966 bits per heavy atom. The maximum absolute atomic E-state index is 12.7. The van der Waals surface area contributed by atoms with Crippen molar-refractivity contribution in [3.8, 4) is 0 Å². The van der Waals surface area contributed by atoms with Gasteiger partial charge in [0.1, 0.15) is 11.0 Å². The van der Waals surface area contributed by atoms with Crippen LogP contribution >= 0.6 is 0 Å². The molecule has 0 saturated heterocycles. The van der Waals surface area contributed by atoms with E-state index in [2.05, 4.69) is 51.8 Å². The highest BCUT2D eigenvalue weighted by Gasteiger charge is 2.15. The van der Waals surface area contributed by atoms with Gasteiger partial charge in [-0.2, -0.15) is 15.4 Å². The maximum atomic E-state index is 12.7. The Labute approximate surface area is 168 Å². The summed E-state index contributed by atoms with van der Waals surface area (Å²) in [5.41, 5.74) is 4.74. The van der Waals surface area contributed by atoms with Crippen molar-refractivity contribution in [2.45, 2.75) is 26.2 Å². The number of hydrogen-bond acceptors (Lipinski definition) is 5. The molecule has 2 aromatic heterocycles. The second kappa shape index (κ2) is 7.35. The molecule has 0 saturated carbocycles. The van der Waals surface area contributed by atoms with E-state index in [4.69, 9.17) is 0 Å². The van der Waals surface area contributed by atoms with Crippen LogP contribution in [0.15, 0.2) is 60.8 Å². The van der Waals surface area contributed by atoms with Crippen LogP contribution in [-0.4, -0.2) is 26.3 Å². The molecule has 2 heterocycles. The molecule has 146 valence electrons. The lowest BCUT2D eigenvalue weighted by molar-refractivity contribution is 0.102. The van der Waals surface area contributed by atoms with E-state index >= 15 is 0 Å². The number of fused-ring (bicyclic) bond motifs is 1. The van der Waals surface area contributed by atoms with Crippen LogP contribution in [-0.2, 0) is 5.41 Å². The van der Waals surface area contributed by atoms with Crippen LogP contribution in [0.3, 0.4) is 0 Å². The van der Waals surface area contributed by atoms with Gasteiger partial charge in [-0.25, -0.2) is 4.98 Å². The van der Waals surface area contributed by atoms with Crippen LogP contribution in [0.5, 0.6) is 0 Å². The topological polar surface area (TPSA) is 95.6 Å². The molecule has 0 aliphatic heterocycles. The molecule has 0 unspecified atom stereocenters. The maximum Gasteiger partial charge on any atom is 0.255 e. The normalized spacial score (nSPS) is 11.4. The van der Waals surface area contributed by atoms with Crippen LogP contribution in [0.2, 0.25) is 0 Å². The van der Waals surface area contributed by atoms with E-state index < -0.39 is 0 Å². The number of carbonyl (C=O) groups excluding carboxylic acids is 1. The zero-order valence-electron chi connectivity index (χ0n) is 16.5. The molecule has 0 spiro atoms. The number of aromatic nitrogens is 4. The summed E-state index contributed by atoms with van der Waals surface area (Å²) in [4.78, 5) is 17.1. The molecule has 0 aliphatic carbocycles. The highest BCUT2D eigenvalue weighted by atomic mass is 16.1. The predicted octanol–water partition coefficient (Wildman–Crippen LogP) is 4.65. The standard InChI is InChI=1S/C22H22N6O/c1-22(2,3)15-8-6-14(7-9-15)21(29)25-18-5-4-12-23-20(18)24-16-10-11-17-19(13-16)27-28-26-17/h4-13H,1-3H3,(H,23,24)(H,25,29)(H,26,27,28). The summed E-state index contributed by atoms with van der Waals surface area (Å²) < 4.78 is 0. The smallest absolute Gasteiger partial charge is 0.255 e. The quantitative estimate of drug-likeness (QED) is 0.475. The third kappa shape index (κ3) is 4.08. The highest BCUT2D eigenvalue weighted by molar-refractivity contribution is 6.05. The molecule has 4 aromatic rings. The lowest BCUT2D eigenvalue weighted by atomic mass is 9.87. The van der Waals surface area contributed by atoms with Gasteiger partial charge < -0.3 is 10.6 Å². The first-order chi connectivity index (χ1) is 13.9. The number of aromatic amines is 1. The minimum atomic E-state index is -0.187. The molecule has 2 aromatic carbocycles. The molecular weight excluding hydrogens is 364 g/mol. The van der Waals surface area contributed by atoms with Gasteiger partial charge in [-0.1, -0.05) is 32.9 Å². The van der Waals surface area contributed by atoms with Crippen LogP contribution in [0.25, 0.3) is 11.0 Å². The highest BCUT2D eigenvalue weighted by Crippen LogP contribution is 2.26. The molecule has 7 nitrogen and oxygen atoms in total. The molecule has 29 heavy (non-hydrogen) atoms. The minimum absolute atomic E-state index is 0.0421. The number of nitrogens with zero attached hydrogens (tertiary/aromatic N) is 3. The first-order valence-electron chi connectivity index (χ1n) is 9.35. The summed E-state index contributed by atoms with van der Waals surface area (Å²) in [5.74, 6) is 0.364. The Kier molecular flexibility index (Phi) is 4.72. The molecular formula is C22H22N6O. The predicted molar refractivity (Wildman–Crippen MR) is 115 cm³/mol. The average Bonchev–Trinajstić information content (AvgIpc) is 3.17. The minimum Gasteiger partial charge on any atom is -0.338 e. The number of amides is 1. The number of nitrogens with one attached hydrogen (secondary N) is 3. The monoisotopic (exact) mass is 386 g/mol. The van der Waals surface area contributed by atoms with Crippen molar-refractivity contribution in [3.05, 3.63) is 71.9 Å². The molecule has 0 radical (unpaired) electrons. The van der Waals surface area contributed by atoms with Crippen molar-refractivity contribution in [2.75, 3.05) is 10.6 Å². The van der Waals surface area contributed by atoms with Crippen molar-refractivity contribution in [2.24, 2.45) is 0 Å². The van der Waals surface area contributed by atoms with Gasteiger partial charge in [0.15, 0.2) is 5.82 Å². The lowest BCUT2D eigenvalue weighted by Crippen LogP contribution is -2.15. The SMILES string of the molecule is CC(C)(C)c1ccc(C(=O)Nc2cccnc2Nc2ccc3n[nH]nc3c2)cc1. The van der Waals surface area contributed by atoms with Gasteiger partial charge in [0.2, 0.25) is 0 Å². The molecule has 4 rings (SSSR count). The van der Waals surface area contributed by atoms with Crippen LogP contribution in [0.4, 0.5) is 17.2 Å². The van der Waals surface area contributed by atoms with E-state index in [1.807, 2.05) is 48.5 Å². The van der Waals surface area contributed by atoms with Crippen molar-refractivity contribution in [3.63, 3.8) is 0 Å². The summed E-state index contributed by atoms with van der Waals surface area (Å²) in [5, 5.41) is 16.9. The fourth-order valence-electron chi connectivity index (χ4n) is 2.98. The third-order valence-corrected chi connectivity index (χ3v) is 4.65. The Hall–Kier alpha value is -3.74. The van der Waals surface area contributed by atoms with Crippen molar-refractivity contribution in [1.29, 1.82) is 0 Å². The fraction of sp³-hybridized carbons (Fsp3) is 0.182.